The number of aryl methyl sites for hydroxylation is 1. The van der Waals surface area contributed by atoms with E-state index in [1.165, 1.54) is 0 Å². The number of carboxylic acids is 1. The summed E-state index contributed by atoms with van der Waals surface area (Å²) in [5, 5.41) is 26.5. The number of imide groups is 1. The first-order chi connectivity index (χ1) is 16.4. The number of anilines is 1. The first-order valence-corrected chi connectivity index (χ1v) is 11.3. The minimum Gasteiger partial charge on any atom is -0.480 e. The van der Waals surface area contributed by atoms with Gasteiger partial charge in [0.05, 0.1) is 22.9 Å². The number of amides is 4. The minimum absolute atomic E-state index is 0.0652. The van der Waals surface area contributed by atoms with Gasteiger partial charge in [0.25, 0.3) is 0 Å². The highest BCUT2D eigenvalue weighted by molar-refractivity contribution is 6.16. The molecule has 176 valence electrons. The lowest BCUT2D eigenvalue weighted by molar-refractivity contribution is -0.139. The van der Waals surface area contributed by atoms with Crippen molar-refractivity contribution in [2.75, 3.05) is 18.0 Å². The fourth-order valence-corrected chi connectivity index (χ4v) is 5.04. The van der Waals surface area contributed by atoms with E-state index in [1.54, 1.807) is 18.3 Å². The number of carbonyl (C=O) groups is 3. The number of nitrogens with zero attached hydrogens (tertiary/aromatic N) is 2. The van der Waals surface area contributed by atoms with E-state index in [2.05, 4.69) is 26.1 Å². The number of carboxylic acid groups (broad SMARTS) is 1. The summed E-state index contributed by atoms with van der Waals surface area (Å²) >= 11 is 0. The highest BCUT2D eigenvalue weighted by Gasteiger charge is 2.45. The number of hydrogen-bond donors (Lipinski definition) is 5. The normalized spacial score (nSPS) is 17.8. The Morgan fingerprint density at radius 3 is 2.76 bits per heavy atom. The molecule has 2 aliphatic rings. The number of fused-ring (bicyclic) bond motifs is 3. The number of hydrogen-bond acceptors (Lipinski definition) is 5. The van der Waals surface area contributed by atoms with Crippen LogP contribution in [0.2, 0.25) is 0 Å². The van der Waals surface area contributed by atoms with E-state index in [1.807, 2.05) is 31.2 Å². The zero-order valence-electron chi connectivity index (χ0n) is 18.7. The first kappa shape index (κ1) is 21.9. The highest BCUT2D eigenvalue weighted by Crippen LogP contribution is 2.40. The summed E-state index contributed by atoms with van der Waals surface area (Å²) in [4.78, 5) is 39.4. The molecule has 1 spiro atoms. The van der Waals surface area contributed by atoms with Crippen LogP contribution in [0.25, 0.3) is 10.9 Å². The summed E-state index contributed by atoms with van der Waals surface area (Å²) in [5.41, 5.74) is 3.35. The maximum Gasteiger partial charge on any atom is 0.330 e. The lowest BCUT2D eigenvalue weighted by Crippen LogP contribution is -2.63. The number of nitrogens with one attached hydrogen (secondary N) is 4. The number of para-hydroxylation sites is 1. The second-order valence-corrected chi connectivity index (χ2v) is 8.91. The Labute approximate surface area is 195 Å². The molecular weight excluding hydrogens is 436 g/mol. The number of H-pyrrole nitrogens is 1. The van der Waals surface area contributed by atoms with Gasteiger partial charge in [0.2, 0.25) is 0 Å². The molecule has 10 nitrogen and oxygen atoms in total. The van der Waals surface area contributed by atoms with Crippen LogP contribution in [-0.4, -0.2) is 52.5 Å². The molecule has 5 rings (SSSR count). The molecule has 0 bridgehead atoms. The van der Waals surface area contributed by atoms with Gasteiger partial charge in [-0.15, -0.1) is 0 Å². The van der Waals surface area contributed by atoms with Crippen molar-refractivity contribution in [3.8, 4) is 0 Å². The van der Waals surface area contributed by atoms with Crippen LogP contribution in [0.15, 0.2) is 42.6 Å². The molecule has 1 aromatic heterocycles. The van der Waals surface area contributed by atoms with Crippen LogP contribution in [0.1, 0.15) is 29.5 Å². The van der Waals surface area contributed by atoms with E-state index in [0.717, 1.165) is 45.6 Å². The summed E-state index contributed by atoms with van der Waals surface area (Å²) in [7, 11) is 0. The molecule has 4 amide bonds. The molecule has 1 atom stereocenters. The molecule has 3 heterocycles. The molecule has 2 aromatic carbocycles. The van der Waals surface area contributed by atoms with Crippen LogP contribution in [0.5, 0.6) is 0 Å². The Morgan fingerprint density at radius 1 is 1.24 bits per heavy atom. The van der Waals surface area contributed by atoms with E-state index in [4.69, 9.17) is 0 Å². The lowest BCUT2D eigenvalue weighted by atomic mass is 9.79. The molecule has 1 unspecified atom stereocenters. The van der Waals surface area contributed by atoms with Crippen LogP contribution in [0.3, 0.4) is 0 Å². The first-order valence-electron chi connectivity index (χ1n) is 11.3. The summed E-state index contributed by atoms with van der Waals surface area (Å²) in [5.74, 6) is -1.18. The number of piperidine rings is 1. The minimum atomic E-state index is -1.22. The number of aromatic nitrogens is 2. The third-order valence-corrected chi connectivity index (χ3v) is 6.71. The van der Waals surface area contributed by atoms with Crippen molar-refractivity contribution >= 4 is 34.6 Å². The predicted octanol–water partition coefficient (Wildman–Crippen LogP) is 2.39. The van der Waals surface area contributed by atoms with Gasteiger partial charge in [0, 0.05) is 17.4 Å². The van der Waals surface area contributed by atoms with Gasteiger partial charge in [-0.25, -0.2) is 19.3 Å². The Morgan fingerprint density at radius 2 is 2.00 bits per heavy atom. The van der Waals surface area contributed by atoms with Crippen LogP contribution < -0.4 is 20.9 Å². The van der Waals surface area contributed by atoms with Crippen molar-refractivity contribution in [1.29, 1.82) is 0 Å². The fourth-order valence-electron chi connectivity index (χ4n) is 5.04. The molecular formula is C24H26N6O4. The quantitative estimate of drug-likeness (QED) is 0.403. The molecule has 5 N–H and O–H groups in total. The van der Waals surface area contributed by atoms with Crippen molar-refractivity contribution < 1.29 is 19.5 Å². The molecule has 10 heteroatoms. The van der Waals surface area contributed by atoms with Gasteiger partial charge in [-0.1, -0.05) is 24.3 Å². The summed E-state index contributed by atoms with van der Waals surface area (Å²) < 4.78 is 0. The summed E-state index contributed by atoms with van der Waals surface area (Å²) in [6.07, 6.45) is 3.15. The van der Waals surface area contributed by atoms with Crippen LogP contribution in [-0.2, 0) is 16.8 Å². The van der Waals surface area contributed by atoms with Gasteiger partial charge < -0.3 is 21.1 Å². The number of carbonyl (C=O) groups excluding carboxylic acids is 2. The lowest BCUT2D eigenvalue weighted by Gasteiger charge is -2.45. The summed E-state index contributed by atoms with van der Waals surface area (Å²) in [6, 6.07) is 8.45. The number of aliphatic carboxylic acids is 1. The van der Waals surface area contributed by atoms with Gasteiger partial charge in [0.15, 0.2) is 0 Å². The standard InChI is InChI=1S/C24H26N6O4/c1-14-10-15(11-16-13-26-29-20(14)16)12-18(21(31)32)27-22(33)30-19-5-3-2-4-17(19)24(28-23(30)34)6-8-25-9-7-24/h2-5,10-11,13,18,25H,6-9,12H2,1H3,(H,26,29)(H,27,33)(H,28,34)(H,31,32). The molecule has 1 fully saturated rings. The largest absolute Gasteiger partial charge is 0.480 e. The van der Waals surface area contributed by atoms with Crippen LogP contribution in [0, 0.1) is 6.92 Å². The van der Waals surface area contributed by atoms with Gasteiger partial charge in [0.1, 0.15) is 6.04 Å². The van der Waals surface area contributed by atoms with Crippen molar-refractivity contribution in [2.45, 2.75) is 37.8 Å². The second-order valence-electron chi connectivity index (χ2n) is 8.91. The zero-order chi connectivity index (χ0) is 23.9. The molecule has 0 aliphatic carbocycles. The fraction of sp³-hybridized carbons (Fsp3) is 0.333. The van der Waals surface area contributed by atoms with Crippen molar-refractivity contribution in [3.05, 3.63) is 59.3 Å². The van der Waals surface area contributed by atoms with Crippen LogP contribution >= 0.6 is 0 Å². The van der Waals surface area contributed by atoms with Gasteiger partial charge >= 0.3 is 18.0 Å². The molecule has 0 radical (unpaired) electrons. The van der Waals surface area contributed by atoms with Gasteiger partial charge in [-0.2, -0.15) is 5.10 Å². The van der Waals surface area contributed by atoms with Crippen molar-refractivity contribution in [3.63, 3.8) is 0 Å². The SMILES string of the molecule is Cc1cc(CC(NC(=O)N2C(=O)NC3(CCNCC3)c3ccccc32)C(=O)O)cc2cn[nH]c12. The third-order valence-electron chi connectivity index (χ3n) is 6.71. The maximum absolute atomic E-state index is 13.2. The smallest absolute Gasteiger partial charge is 0.330 e. The monoisotopic (exact) mass is 462 g/mol. The molecule has 1 saturated heterocycles. The molecule has 2 aliphatic heterocycles. The average molecular weight is 463 g/mol. The number of urea groups is 2. The average Bonchev–Trinajstić information content (AvgIpc) is 3.28. The molecule has 0 saturated carbocycles. The summed E-state index contributed by atoms with van der Waals surface area (Å²) in [6.45, 7) is 3.41. The predicted molar refractivity (Wildman–Crippen MR) is 126 cm³/mol. The van der Waals surface area contributed by atoms with Crippen molar-refractivity contribution in [2.24, 2.45) is 0 Å². The van der Waals surface area contributed by atoms with Crippen molar-refractivity contribution in [1.82, 2.24) is 26.1 Å². The Balaban J connectivity index is 1.41. The maximum atomic E-state index is 13.2. The van der Waals surface area contributed by atoms with Crippen LogP contribution in [0.4, 0.5) is 15.3 Å². The topological polar surface area (TPSA) is 139 Å². The zero-order valence-corrected chi connectivity index (χ0v) is 18.7. The third kappa shape index (κ3) is 3.75. The Bertz CT molecular complexity index is 1280. The van der Waals surface area contributed by atoms with E-state index >= 15 is 0 Å². The van der Waals surface area contributed by atoms with Gasteiger partial charge in [-0.05, 0) is 56.1 Å². The molecule has 34 heavy (non-hydrogen) atoms. The highest BCUT2D eigenvalue weighted by atomic mass is 16.4. The Hall–Kier alpha value is -3.92. The van der Waals surface area contributed by atoms with Gasteiger partial charge in [-0.3, -0.25) is 5.10 Å². The number of aromatic amines is 1. The van der Waals surface area contributed by atoms with E-state index < -0.39 is 29.6 Å². The van der Waals surface area contributed by atoms with E-state index in [-0.39, 0.29) is 6.42 Å². The van der Waals surface area contributed by atoms with E-state index in [0.29, 0.717) is 18.5 Å². The number of benzene rings is 2. The molecule has 3 aromatic rings. The second kappa shape index (κ2) is 8.45. The Kier molecular flexibility index (Phi) is 5.45. The van der Waals surface area contributed by atoms with E-state index in [9.17, 15) is 19.5 Å². The number of rotatable bonds is 4.